The van der Waals surface area contributed by atoms with E-state index in [-0.39, 0.29) is 6.04 Å². The summed E-state index contributed by atoms with van der Waals surface area (Å²) in [5, 5.41) is 4.41. The summed E-state index contributed by atoms with van der Waals surface area (Å²) in [6, 6.07) is 0.252. The third-order valence-electron chi connectivity index (χ3n) is 4.05. The lowest BCUT2D eigenvalue weighted by molar-refractivity contribution is 0.0365. The average molecular weight is 280 g/mol. The van der Waals surface area contributed by atoms with Gasteiger partial charge in [0.1, 0.15) is 0 Å². The van der Waals surface area contributed by atoms with E-state index in [1.807, 2.05) is 10.9 Å². The molecule has 0 spiro atoms. The topological polar surface area (TPSA) is 56.3 Å². The lowest BCUT2D eigenvalue weighted by Crippen LogP contribution is -2.36. The van der Waals surface area contributed by atoms with Crippen molar-refractivity contribution in [2.45, 2.75) is 38.8 Å². The lowest BCUT2D eigenvalue weighted by Gasteiger charge is -2.31. The molecule has 1 aliphatic heterocycles. The molecule has 2 atom stereocenters. The molecule has 1 aromatic rings. The second-order valence-electron chi connectivity index (χ2n) is 5.81. The van der Waals surface area contributed by atoms with Crippen LogP contribution in [0.3, 0.4) is 0 Å². The van der Waals surface area contributed by atoms with Gasteiger partial charge in [-0.25, -0.2) is 0 Å². The fraction of sp³-hybridized carbons (Fsp3) is 0.800. The summed E-state index contributed by atoms with van der Waals surface area (Å²) in [6.07, 6.45) is 7.64. The Morgan fingerprint density at radius 2 is 2.45 bits per heavy atom. The van der Waals surface area contributed by atoms with E-state index in [4.69, 9.17) is 10.5 Å². The summed E-state index contributed by atoms with van der Waals surface area (Å²) in [6.45, 7) is 6.61. The van der Waals surface area contributed by atoms with E-state index in [1.54, 1.807) is 0 Å². The van der Waals surface area contributed by atoms with Gasteiger partial charge in [-0.2, -0.15) is 5.10 Å². The van der Waals surface area contributed by atoms with E-state index in [9.17, 15) is 0 Å². The molecule has 114 valence electrons. The Morgan fingerprint density at radius 1 is 1.60 bits per heavy atom. The fourth-order valence-corrected chi connectivity index (χ4v) is 2.96. The second-order valence-corrected chi connectivity index (χ2v) is 5.81. The van der Waals surface area contributed by atoms with E-state index in [2.05, 4.69) is 30.2 Å². The molecular weight excluding hydrogens is 252 g/mol. The van der Waals surface area contributed by atoms with Crippen LogP contribution in [-0.2, 0) is 11.3 Å². The van der Waals surface area contributed by atoms with Gasteiger partial charge in [-0.15, -0.1) is 0 Å². The van der Waals surface area contributed by atoms with Gasteiger partial charge in [-0.1, -0.05) is 6.92 Å². The van der Waals surface area contributed by atoms with Crippen molar-refractivity contribution in [3.8, 4) is 0 Å². The zero-order valence-electron chi connectivity index (χ0n) is 12.8. The predicted molar refractivity (Wildman–Crippen MR) is 80.5 cm³/mol. The maximum Gasteiger partial charge on any atom is 0.0538 e. The highest BCUT2D eigenvalue weighted by atomic mass is 16.5. The van der Waals surface area contributed by atoms with E-state index in [1.165, 1.54) is 18.4 Å². The summed E-state index contributed by atoms with van der Waals surface area (Å²) < 4.78 is 7.57. The van der Waals surface area contributed by atoms with Crippen LogP contribution in [0.4, 0.5) is 0 Å². The summed E-state index contributed by atoms with van der Waals surface area (Å²) in [5.74, 6) is 0.633. The number of hydrogen-bond acceptors (Lipinski definition) is 4. The van der Waals surface area contributed by atoms with Crippen LogP contribution in [-0.4, -0.2) is 48.0 Å². The molecule has 5 heteroatoms. The van der Waals surface area contributed by atoms with E-state index in [0.29, 0.717) is 12.5 Å². The minimum Gasteiger partial charge on any atom is -0.381 e. The van der Waals surface area contributed by atoms with Crippen molar-refractivity contribution in [1.82, 2.24) is 14.7 Å². The van der Waals surface area contributed by atoms with Gasteiger partial charge in [0.25, 0.3) is 0 Å². The predicted octanol–water partition coefficient (Wildman–Crippen LogP) is 1.65. The monoisotopic (exact) mass is 280 g/mol. The minimum absolute atomic E-state index is 0.252. The highest BCUT2D eigenvalue weighted by Crippen LogP contribution is 2.22. The van der Waals surface area contributed by atoms with Gasteiger partial charge in [0.15, 0.2) is 0 Å². The summed E-state index contributed by atoms with van der Waals surface area (Å²) >= 11 is 0. The van der Waals surface area contributed by atoms with E-state index < -0.39 is 0 Å². The van der Waals surface area contributed by atoms with Crippen molar-refractivity contribution in [2.75, 3.05) is 33.4 Å². The Morgan fingerprint density at radius 3 is 3.10 bits per heavy atom. The Bertz CT molecular complexity index is 387. The largest absolute Gasteiger partial charge is 0.381 e. The van der Waals surface area contributed by atoms with Crippen molar-refractivity contribution >= 4 is 0 Å². The summed E-state index contributed by atoms with van der Waals surface area (Å²) in [4.78, 5) is 2.35. The number of likely N-dealkylation sites (N-methyl/N-ethyl adjacent to an activating group) is 1. The average Bonchev–Trinajstić information content (AvgIpc) is 2.89. The third-order valence-corrected chi connectivity index (χ3v) is 4.05. The number of nitrogens with two attached hydrogens (primary N) is 1. The molecule has 1 saturated heterocycles. The first-order chi connectivity index (χ1) is 9.74. The molecule has 2 N–H and O–H groups in total. The second kappa shape index (κ2) is 7.76. The Balaban J connectivity index is 1.94. The van der Waals surface area contributed by atoms with E-state index >= 15 is 0 Å². The van der Waals surface area contributed by atoms with Crippen molar-refractivity contribution < 1.29 is 4.74 Å². The van der Waals surface area contributed by atoms with Gasteiger partial charge in [0.2, 0.25) is 0 Å². The molecule has 5 nitrogen and oxygen atoms in total. The maximum atomic E-state index is 5.98. The molecule has 0 aliphatic carbocycles. The number of ether oxygens (including phenoxy) is 1. The molecule has 0 bridgehead atoms. The first-order valence-corrected chi connectivity index (χ1v) is 7.75. The molecule has 1 aliphatic rings. The van der Waals surface area contributed by atoms with Gasteiger partial charge < -0.3 is 10.5 Å². The molecule has 0 saturated carbocycles. The molecule has 2 unspecified atom stereocenters. The maximum absolute atomic E-state index is 5.98. The summed E-state index contributed by atoms with van der Waals surface area (Å²) in [7, 11) is 2.16. The molecule has 2 heterocycles. The Labute approximate surface area is 122 Å². The van der Waals surface area contributed by atoms with E-state index in [0.717, 1.165) is 32.7 Å². The normalized spacial score (nSPS) is 21.3. The van der Waals surface area contributed by atoms with Crippen LogP contribution in [0, 0.1) is 5.92 Å². The van der Waals surface area contributed by atoms with Crippen LogP contribution in [0.2, 0.25) is 0 Å². The van der Waals surface area contributed by atoms with Crippen LogP contribution < -0.4 is 5.73 Å². The van der Waals surface area contributed by atoms with Crippen LogP contribution in [0.1, 0.15) is 37.8 Å². The van der Waals surface area contributed by atoms with Crippen molar-refractivity contribution in [3.05, 3.63) is 18.0 Å². The smallest absolute Gasteiger partial charge is 0.0538 e. The lowest BCUT2D eigenvalue weighted by atomic mass is 10.0. The third kappa shape index (κ3) is 4.04. The number of rotatable bonds is 7. The molecule has 2 rings (SSSR count). The molecule has 20 heavy (non-hydrogen) atoms. The SMILES string of the molecule is CCCn1cc(C(CN)N(C)CC2CCCOC2)cn1. The number of nitrogens with zero attached hydrogens (tertiary/aromatic N) is 3. The fourth-order valence-electron chi connectivity index (χ4n) is 2.96. The number of aromatic nitrogens is 2. The van der Waals surface area contributed by atoms with Crippen LogP contribution in [0.15, 0.2) is 12.4 Å². The van der Waals surface area contributed by atoms with Crippen molar-refractivity contribution in [1.29, 1.82) is 0 Å². The van der Waals surface area contributed by atoms with Gasteiger partial charge in [0.05, 0.1) is 12.8 Å². The molecular formula is C15H28N4O. The zero-order valence-corrected chi connectivity index (χ0v) is 12.8. The zero-order chi connectivity index (χ0) is 14.4. The molecule has 1 fully saturated rings. The molecule has 1 aromatic heterocycles. The molecule has 0 aromatic carbocycles. The highest BCUT2D eigenvalue weighted by Gasteiger charge is 2.22. The molecule has 0 radical (unpaired) electrons. The van der Waals surface area contributed by atoms with Crippen molar-refractivity contribution in [3.63, 3.8) is 0 Å². The Kier molecular flexibility index (Phi) is 6.01. The molecule has 0 amide bonds. The van der Waals surface area contributed by atoms with Gasteiger partial charge in [0, 0.05) is 44.0 Å². The first-order valence-electron chi connectivity index (χ1n) is 7.75. The van der Waals surface area contributed by atoms with Gasteiger partial charge in [-0.05, 0) is 32.2 Å². The standard InChI is InChI=1S/C15H28N4O/c1-3-6-19-11-14(9-17-19)15(8-16)18(2)10-13-5-4-7-20-12-13/h9,11,13,15H,3-8,10,12,16H2,1-2H3. The Hall–Kier alpha value is -0.910. The number of aryl methyl sites for hydroxylation is 1. The van der Waals surface area contributed by atoms with Crippen LogP contribution in [0.25, 0.3) is 0 Å². The quantitative estimate of drug-likeness (QED) is 0.825. The summed E-state index contributed by atoms with van der Waals surface area (Å²) in [5.41, 5.74) is 7.21. The first kappa shape index (κ1) is 15.5. The van der Waals surface area contributed by atoms with Crippen molar-refractivity contribution in [2.24, 2.45) is 11.7 Å². The van der Waals surface area contributed by atoms with Crippen LogP contribution >= 0.6 is 0 Å². The van der Waals surface area contributed by atoms with Crippen LogP contribution in [0.5, 0.6) is 0 Å². The highest BCUT2D eigenvalue weighted by molar-refractivity contribution is 5.11. The van der Waals surface area contributed by atoms with Gasteiger partial charge >= 0.3 is 0 Å². The minimum atomic E-state index is 0.252. The van der Waals surface area contributed by atoms with Gasteiger partial charge in [-0.3, -0.25) is 9.58 Å². The number of hydrogen-bond donors (Lipinski definition) is 1.